The highest BCUT2D eigenvalue weighted by Gasteiger charge is 2.31. The lowest BCUT2D eigenvalue weighted by atomic mass is 9.89. The second-order valence-corrected chi connectivity index (χ2v) is 6.31. The van der Waals surface area contributed by atoms with Crippen LogP contribution >= 0.6 is 15.9 Å². The molecule has 0 saturated heterocycles. The first-order valence-electron chi connectivity index (χ1n) is 6.39. The third kappa shape index (κ3) is 2.23. The van der Waals surface area contributed by atoms with Crippen molar-refractivity contribution in [3.05, 3.63) is 27.7 Å². The van der Waals surface area contributed by atoms with Crippen molar-refractivity contribution in [3.8, 4) is 5.75 Å². The first-order valence-corrected chi connectivity index (χ1v) is 7.19. The monoisotopic (exact) mass is 295 g/mol. The zero-order valence-electron chi connectivity index (χ0n) is 9.97. The molecule has 0 spiro atoms. The van der Waals surface area contributed by atoms with Crippen LogP contribution in [0.3, 0.4) is 0 Å². The highest BCUT2D eigenvalue weighted by atomic mass is 79.9. The summed E-state index contributed by atoms with van der Waals surface area (Å²) in [6, 6.07) is 4.35. The van der Waals surface area contributed by atoms with Gasteiger partial charge >= 0.3 is 0 Å². The van der Waals surface area contributed by atoms with E-state index in [4.69, 9.17) is 10.5 Å². The SMILES string of the molecule is NC1(Cc2cc(Br)cc3c2OCC3)CCCC1. The minimum absolute atomic E-state index is 0.000509. The van der Waals surface area contributed by atoms with Crippen LogP contribution in [0.15, 0.2) is 16.6 Å². The van der Waals surface area contributed by atoms with Gasteiger partial charge in [0.2, 0.25) is 0 Å². The summed E-state index contributed by atoms with van der Waals surface area (Å²) in [6.07, 6.45) is 6.82. The number of halogens is 1. The van der Waals surface area contributed by atoms with Crippen LogP contribution in [-0.2, 0) is 12.8 Å². The second-order valence-electron chi connectivity index (χ2n) is 5.40. The van der Waals surface area contributed by atoms with E-state index >= 15 is 0 Å². The number of hydrogen-bond donors (Lipinski definition) is 1. The van der Waals surface area contributed by atoms with Gasteiger partial charge in [0.1, 0.15) is 5.75 Å². The van der Waals surface area contributed by atoms with Crippen molar-refractivity contribution in [1.82, 2.24) is 0 Å². The highest BCUT2D eigenvalue weighted by Crippen LogP contribution is 2.38. The van der Waals surface area contributed by atoms with Crippen LogP contribution < -0.4 is 10.5 Å². The summed E-state index contributed by atoms with van der Waals surface area (Å²) in [6.45, 7) is 0.816. The number of fused-ring (bicyclic) bond motifs is 1. The molecule has 1 heterocycles. The van der Waals surface area contributed by atoms with E-state index in [0.717, 1.165) is 42.5 Å². The summed E-state index contributed by atoms with van der Waals surface area (Å²) in [5.74, 6) is 1.10. The maximum absolute atomic E-state index is 6.46. The zero-order valence-corrected chi connectivity index (χ0v) is 11.6. The number of rotatable bonds is 2. The third-order valence-electron chi connectivity index (χ3n) is 3.97. The molecular weight excluding hydrogens is 278 g/mol. The molecule has 1 aliphatic heterocycles. The smallest absolute Gasteiger partial charge is 0.125 e. The highest BCUT2D eigenvalue weighted by molar-refractivity contribution is 9.10. The zero-order chi connectivity index (χ0) is 11.9. The lowest BCUT2D eigenvalue weighted by Gasteiger charge is -2.24. The largest absolute Gasteiger partial charge is 0.493 e. The molecule has 0 unspecified atom stereocenters. The van der Waals surface area contributed by atoms with Crippen molar-refractivity contribution in [3.63, 3.8) is 0 Å². The van der Waals surface area contributed by atoms with Gasteiger partial charge in [0.15, 0.2) is 0 Å². The molecule has 0 amide bonds. The Morgan fingerprint density at radius 2 is 2.06 bits per heavy atom. The van der Waals surface area contributed by atoms with Gasteiger partial charge < -0.3 is 10.5 Å². The molecule has 1 aliphatic carbocycles. The lowest BCUT2D eigenvalue weighted by Crippen LogP contribution is -2.38. The predicted octanol–water partition coefficient (Wildman–Crippen LogP) is 3.20. The predicted molar refractivity (Wildman–Crippen MR) is 72.4 cm³/mol. The minimum Gasteiger partial charge on any atom is -0.493 e. The van der Waals surface area contributed by atoms with Crippen LogP contribution in [0.2, 0.25) is 0 Å². The van der Waals surface area contributed by atoms with Crippen molar-refractivity contribution >= 4 is 15.9 Å². The quantitative estimate of drug-likeness (QED) is 0.909. The van der Waals surface area contributed by atoms with Crippen LogP contribution in [0.4, 0.5) is 0 Å². The maximum atomic E-state index is 6.46. The summed E-state index contributed by atoms with van der Waals surface area (Å²) in [5.41, 5.74) is 9.08. The summed E-state index contributed by atoms with van der Waals surface area (Å²) < 4.78 is 6.91. The standard InChI is InChI=1S/C14H18BrNO/c15-12-7-10-3-6-17-13(10)11(8-12)9-14(16)4-1-2-5-14/h7-8H,1-6,9,16H2. The van der Waals surface area contributed by atoms with E-state index in [2.05, 4.69) is 28.1 Å². The molecule has 0 radical (unpaired) electrons. The van der Waals surface area contributed by atoms with Gasteiger partial charge in [-0.15, -0.1) is 0 Å². The van der Waals surface area contributed by atoms with Crippen LogP contribution in [-0.4, -0.2) is 12.1 Å². The Hall–Kier alpha value is -0.540. The number of hydrogen-bond acceptors (Lipinski definition) is 2. The van der Waals surface area contributed by atoms with E-state index in [1.54, 1.807) is 0 Å². The number of benzene rings is 1. The van der Waals surface area contributed by atoms with Crippen LogP contribution in [0.5, 0.6) is 5.75 Å². The Bertz CT molecular complexity index is 438. The Balaban J connectivity index is 1.92. The van der Waals surface area contributed by atoms with E-state index in [9.17, 15) is 0 Å². The average Bonchev–Trinajstić information content (AvgIpc) is 2.86. The first-order chi connectivity index (χ1) is 8.16. The molecule has 2 N–H and O–H groups in total. The molecule has 1 fully saturated rings. The van der Waals surface area contributed by atoms with E-state index in [1.807, 2.05) is 0 Å². The van der Waals surface area contributed by atoms with Crippen molar-refractivity contribution in [2.75, 3.05) is 6.61 Å². The summed E-state index contributed by atoms with van der Waals surface area (Å²) in [4.78, 5) is 0. The van der Waals surface area contributed by atoms with Crippen LogP contribution in [0, 0.1) is 0 Å². The van der Waals surface area contributed by atoms with Gasteiger partial charge in [-0.1, -0.05) is 28.8 Å². The Labute approximate surface area is 111 Å². The molecule has 0 bridgehead atoms. The molecule has 2 nitrogen and oxygen atoms in total. The molecule has 1 aromatic carbocycles. The Morgan fingerprint density at radius 1 is 1.29 bits per heavy atom. The molecule has 2 aliphatic rings. The molecule has 1 saturated carbocycles. The van der Waals surface area contributed by atoms with E-state index in [-0.39, 0.29) is 5.54 Å². The van der Waals surface area contributed by atoms with Crippen molar-refractivity contribution < 1.29 is 4.74 Å². The fourth-order valence-corrected chi connectivity index (χ4v) is 3.67. The van der Waals surface area contributed by atoms with Gasteiger partial charge in [0, 0.05) is 16.4 Å². The molecule has 3 heteroatoms. The molecule has 0 aromatic heterocycles. The fraction of sp³-hybridized carbons (Fsp3) is 0.571. The van der Waals surface area contributed by atoms with E-state index in [1.165, 1.54) is 24.0 Å². The third-order valence-corrected chi connectivity index (χ3v) is 4.43. The van der Waals surface area contributed by atoms with Crippen LogP contribution in [0.1, 0.15) is 36.8 Å². The molecule has 17 heavy (non-hydrogen) atoms. The number of ether oxygens (including phenoxy) is 1. The molecule has 92 valence electrons. The summed E-state index contributed by atoms with van der Waals surface area (Å²) in [7, 11) is 0. The van der Waals surface area contributed by atoms with Gasteiger partial charge in [0.05, 0.1) is 6.61 Å². The maximum Gasteiger partial charge on any atom is 0.125 e. The van der Waals surface area contributed by atoms with Gasteiger partial charge in [-0.2, -0.15) is 0 Å². The molecule has 1 aromatic rings. The van der Waals surface area contributed by atoms with Gasteiger partial charge in [-0.05, 0) is 42.5 Å². The summed E-state index contributed by atoms with van der Waals surface area (Å²) >= 11 is 3.59. The average molecular weight is 296 g/mol. The van der Waals surface area contributed by atoms with Crippen LogP contribution in [0.25, 0.3) is 0 Å². The van der Waals surface area contributed by atoms with E-state index < -0.39 is 0 Å². The topological polar surface area (TPSA) is 35.2 Å². The molecule has 0 atom stereocenters. The second kappa shape index (κ2) is 4.29. The van der Waals surface area contributed by atoms with Gasteiger partial charge in [-0.25, -0.2) is 0 Å². The molecular formula is C14H18BrNO. The fourth-order valence-electron chi connectivity index (χ4n) is 3.11. The van der Waals surface area contributed by atoms with Crippen molar-refractivity contribution in [2.24, 2.45) is 5.73 Å². The first kappa shape index (κ1) is 11.5. The summed E-state index contributed by atoms with van der Waals surface area (Å²) in [5, 5.41) is 0. The van der Waals surface area contributed by atoms with E-state index in [0.29, 0.717) is 0 Å². The normalized spacial score (nSPS) is 21.3. The number of nitrogens with two attached hydrogens (primary N) is 1. The lowest BCUT2D eigenvalue weighted by molar-refractivity contribution is 0.347. The Morgan fingerprint density at radius 3 is 2.82 bits per heavy atom. The molecule has 3 rings (SSSR count). The Kier molecular flexibility index (Phi) is 2.91. The minimum atomic E-state index is 0.000509. The van der Waals surface area contributed by atoms with Crippen molar-refractivity contribution in [2.45, 2.75) is 44.1 Å². The van der Waals surface area contributed by atoms with Gasteiger partial charge in [0.25, 0.3) is 0 Å². The van der Waals surface area contributed by atoms with Gasteiger partial charge in [-0.3, -0.25) is 0 Å². The van der Waals surface area contributed by atoms with Crippen molar-refractivity contribution in [1.29, 1.82) is 0 Å².